The highest BCUT2D eigenvalue weighted by atomic mass is 32.1. The van der Waals surface area contributed by atoms with Crippen molar-refractivity contribution in [1.82, 2.24) is 0 Å². The molecule has 3 N–H and O–H groups in total. The lowest BCUT2D eigenvalue weighted by atomic mass is 10.3. The number of aliphatic carboxylic acids is 1. The Morgan fingerprint density at radius 2 is 2.36 bits per heavy atom. The van der Waals surface area contributed by atoms with Gasteiger partial charge in [0, 0.05) is 4.88 Å². The highest BCUT2D eigenvalue weighted by Crippen LogP contribution is 2.20. The number of carboxylic acid groups (broad SMARTS) is 1. The first-order valence-corrected chi connectivity index (χ1v) is 3.66. The molecule has 0 amide bonds. The first kappa shape index (κ1) is 8.16. The summed E-state index contributed by atoms with van der Waals surface area (Å²) in [5.74, 6) is -1.15. The standard InChI is InChI=1S/C6H6FNO2S/c7-4-2-1-3(11-4)5(8)6(9)10/h1-2,5H,8H2,(H,9,10). The molecule has 1 unspecified atom stereocenters. The molecule has 3 nitrogen and oxygen atoms in total. The summed E-state index contributed by atoms with van der Waals surface area (Å²) >= 11 is 0.752. The van der Waals surface area contributed by atoms with E-state index in [0.29, 0.717) is 4.88 Å². The molecule has 60 valence electrons. The van der Waals surface area contributed by atoms with Crippen LogP contribution in [0.4, 0.5) is 4.39 Å². The van der Waals surface area contributed by atoms with Crippen molar-refractivity contribution >= 4 is 17.3 Å². The Morgan fingerprint density at radius 3 is 2.73 bits per heavy atom. The first-order valence-electron chi connectivity index (χ1n) is 2.85. The van der Waals surface area contributed by atoms with Crippen LogP contribution in [0.1, 0.15) is 10.9 Å². The van der Waals surface area contributed by atoms with Gasteiger partial charge in [0.25, 0.3) is 0 Å². The lowest BCUT2D eigenvalue weighted by Gasteiger charge is -2.00. The SMILES string of the molecule is NC(C(=O)O)c1ccc(F)s1. The molecule has 0 aliphatic carbocycles. The third-order valence-electron chi connectivity index (χ3n) is 1.17. The van der Waals surface area contributed by atoms with Crippen LogP contribution in [0.2, 0.25) is 0 Å². The van der Waals surface area contributed by atoms with Crippen LogP contribution in [-0.4, -0.2) is 11.1 Å². The molecule has 0 aliphatic heterocycles. The number of carbonyl (C=O) groups is 1. The molecule has 0 fully saturated rings. The fourth-order valence-electron chi connectivity index (χ4n) is 0.617. The van der Waals surface area contributed by atoms with Crippen LogP contribution in [0.15, 0.2) is 12.1 Å². The quantitative estimate of drug-likeness (QED) is 0.704. The van der Waals surface area contributed by atoms with Gasteiger partial charge in [0.05, 0.1) is 0 Å². The summed E-state index contributed by atoms with van der Waals surface area (Å²) in [6, 6.07) is 1.46. The van der Waals surface area contributed by atoms with Gasteiger partial charge in [-0.05, 0) is 12.1 Å². The minimum atomic E-state index is -1.15. The molecule has 0 saturated heterocycles. The second kappa shape index (κ2) is 2.98. The van der Waals surface area contributed by atoms with E-state index in [1.807, 2.05) is 0 Å². The van der Waals surface area contributed by atoms with Crippen molar-refractivity contribution in [1.29, 1.82) is 0 Å². The minimum Gasteiger partial charge on any atom is -0.480 e. The highest BCUT2D eigenvalue weighted by Gasteiger charge is 2.15. The van der Waals surface area contributed by atoms with Crippen LogP contribution in [0.3, 0.4) is 0 Å². The maximum Gasteiger partial charge on any atom is 0.325 e. The van der Waals surface area contributed by atoms with Crippen molar-refractivity contribution < 1.29 is 14.3 Å². The number of halogens is 1. The summed E-state index contributed by atoms with van der Waals surface area (Å²) in [5, 5.41) is 7.98. The third-order valence-corrected chi connectivity index (χ3v) is 2.12. The van der Waals surface area contributed by atoms with E-state index in [4.69, 9.17) is 10.8 Å². The number of nitrogens with two attached hydrogens (primary N) is 1. The number of hydrogen-bond donors (Lipinski definition) is 2. The van der Waals surface area contributed by atoms with Gasteiger partial charge in [-0.25, -0.2) is 0 Å². The zero-order valence-electron chi connectivity index (χ0n) is 5.45. The fraction of sp³-hybridized carbons (Fsp3) is 0.167. The number of hydrogen-bond acceptors (Lipinski definition) is 3. The molecule has 1 aromatic heterocycles. The lowest BCUT2D eigenvalue weighted by molar-refractivity contribution is -0.138. The molecule has 0 aromatic carbocycles. The Balaban J connectivity index is 2.84. The zero-order valence-corrected chi connectivity index (χ0v) is 6.27. The smallest absolute Gasteiger partial charge is 0.325 e. The molecule has 5 heteroatoms. The molecule has 0 saturated carbocycles. The Morgan fingerprint density at radius 1 is 1.73 bits per heavy atom. The molecule has 1 heterocycles. The van der Waals surface area contributed by atoms with E-state index < -0.39 is 17.1 Å². The molecule has 1 aromatic rings. The van der Waals surface area contributed by atoms with Gasteiger partial charge in [-0.3, -0.25) is 4.79 Å². The Hall–Kier alpha value is -0.940. The van der Waals surface area contributed by atoms with Crippen LogP contribution in [0.25, 0.3) is 0 Å². The van der Waals surface area contributed by atoms with Crippen molar-refractivity contribution in [3.05, 3.63) is 22.1 Å². The van der Waals surface area contributed by atoms with Gasteiger partial charge >= 0.3 is 5.97 Å². The van der Waals surface area contributed by atoms with E-state index in [0.717, 1.165) is 11.3 Å². The highest BCUT2D eigenvalue weighted by molar-refractivity contribution is 7.10. The van der Waals surface area contributed by atoms with Crippen molar-refractivity contribution in [2.75, 3.05) is 0 Å². The maximum atomic E-state index is 12.3. The van der Waals surface area contributed by atoms with Gasteiger partial charge < -0.3 is 10.8 Å². The fourth-order valence-corrected chi connectivity index (χ4v) is 1.34. The number of thiophene rings is 1. The predicted molar refractivity (Wildman–Crippen MR) is 38.8 cm³/mol. The summed E-state index contributed by atoms with van der Waals surface area (Å²) in [5.41, 5.74) is 5.20. The minimum absolute atomic E-state index is 0.329. The zero-order chi connectivity index (χ0) is 8.43. The Bertz CT molecular complexity index is 273. The van der Waals surface area contributed by atoms with E-state index in [1.165, 1.54) is 12.1 Å². The first-order chi connectivity index (χ1) is 5.11. The maximum absolute atomic E-state index is 12.3. The summed E-state index contributed by atoms with van der Waals surface area (Å²) in [7, 11) is 0. The molecule has 0 radical (unpaired) electrons. The lowest BCUT2D eigenvalue weighted by Crippen LogP contribution is -2.19. The van der Waals surface area contributed by atoms with Crippen LogP contribution in [0, 0.1) is 5.13 Å². The van der Waals surface area contributed by atoms with Gasteiger partial charge in [0.1, 0.15) is 6.04 Å². The van der Waals surface area contributed by atoms with Crippen LogP contribution in [-0.2, 0) is 4.79 Å². The molecule has 11 heavy (non-hydrogen) atoms. The van der Waals surface area contributed by atoms with Crippen molar-refractivity contribution in [3.8, 4) is 0 Å². The van der Waals surface area contributed by atoms with Crippen LogP contribution in [0.5, 0.6) is 0 Å². The Kier molecular flexibility index (Phi) is 2.21. The van der Waals surface area contributed by atoms with Gasteiger partial charge in [-0.15, -0.1) is 11.3 Å². The molecule has 0 aliphatic rings. The summed E-state index contributed by atoms with van der Waals surface area (Å²) in [6.45, 7) is 0. The van der Waals surface area contributed by atoms with Gasteiger partial charge in [0.15, 0.2) is 5.13 Å². The summed E-state index contributed by atoms with van der Waals surface area (Å²) < 4.78 is 12.3. The van der Waals surface area contributed by atoms with E-state index in [2.05, 4.69) is 0 Å². The van der Waals surface area contributed by atoms with Gasteiger partial charge in [-0.1, -0.05) is 0 Å². The molecule has 1 atom stereocenters. The average molecular weight is 175 g/mol. The van der Waals surface area contributed by atoms with Crippen molar-refractivity contribution in [2.45, 2.75) is 6.04 Å². The van der Waals surface area contributed by atoms with E-state index in [9.17, 15) is 9.18 Å². The average Bonchev–Trinajstić information content (AvgIpc) is 2.34. The number of carboxylic acids is 1. The third kappa shape index (κ3) is 1.75. The van der Waals surface area contributed by atoms with Crippen LogP contribution >= 0.6 is 11.3 Å². The normalized spacial score (nSPS) is 12.9. The summed E-state index contributed by atoms with van der Waals surface area (Å²) in [4.78, 5) is 10.6. The molecular formula is C6H6FNO2S. The molecule has 0 spiro atoms. The van der Waals surface area contributed by atoms with Crippen LogP contribution < -0.4 is 5.73 Å². The van der Waals surface area contributed by atoms with E-state index in [-0.39, 0.29) is 0 Å². The van der Waals surface area contributed by atoms with E-state index >= 15 is 0 Å². The van der Waals surface area contributed by atoms with Crippen molar-refractivity contribution in [3.63, 3.8) is 0 Å². The summed E-state index contributed by atoms with van der Waals surface area (Å²) in [6.07, 6.45) is 0. The van der Waals surface area contributed by atoms with Gasteiger partial charge in [-0.2, -0.15) is 4.39 Å². The number of rotatable bonds is 2. The largest absolute Gasteiger partial charge is 0.480 e. The molecule has 0 bridgehead atoms. The Labute approximate surface area is 66.3 Å². The molecular weight excluding hydrogens is 169 g/mol. The molecule has 1 rings (SSSR count). The topological polar surface area (TPSA) is 63.3 Å². The monoisotopic (exact) mass is 175 g/mol. The van der Waals surface area contributed by atoms with Crippen molar-refractivity contribution in [2.24, 2.45) is 5.73 Å². The van der Waals surface area contributed by atoms with E-state index in [1.54, 1.807) is 0 Å². The predicted octanol–water partition coefficient (Wildman–Crippen LogP) is 0.972. The van der Waals surface area contributed by atoms with Gasteiger partial charge in [0.2, 0.25) is 0 Å². The second-order valence-electron chi connectivity index (χ2n) is 1.96. The second-order valence-corrected chi connectivity index (χ2v) is 3.02.